The highest BCUT2D eigenvalue weighted by molar-refractivity contribution is 7.80. The normalized spacial score (nSPS) is 10.2. The molecule has 0 saturated heterocycles. The van der Waals surface area contributed by atoms with Crippen LogP contribution in [0.25, 0.3) is 11.1 Å². The molecule has 0 aromatic heterocycles. The molecule has 0 amide bonds. The second-order valence-electron chi connectivity index (χ2n) is 3.51. The largest absolute Gasteiger partial charge is 0.489 e. The molecule has 0 unspecified atom stereocenters. The molecule has 2 aromatic rings. The van der Waals surface area contributed by atoms with Crippen LogP contribution >= 0.6 is 12.6 Å². The second-order valence-corrected chi connectivity index (χ2v) is 4.02. The van der Waals surface area contributed by atoms with Crippen molar-refractivity contribution in [2.24, 2.45) is 0 Å². The van der Waals surface area contributed by atoms with Gasteiger partial charge in [0.1, 0.15) is 0 Å². The third kappa shape index (κ3) is 2.30. The average molecular weight is 230 g/mol. The van der Waals surface area contributed by atoms with E-state index >= 15 is 0 Å². The Morgan fingerprint density at radius 1 is 0.875 bits per heavy atom. The molecule has 2 rings (SSSR count). The molecule has 2 nitrogen and oxygen atoms in total. The summed E-state index contributed by atoms with van der Waals surface area (Å²) < 4.78 is 0. The van der Waals surface area contributed by atoms with Crippen LogP contribution in [0.3, 0.4) is 0 Å². The van der Waals surface area contributed by atoms with Crippen molar-refractivity contribution in [3.63, 3.8) is 0 Å². The highest BCUT2D eigenvalue weighted by atomic mass is 32.1. The standard InChI is InChI=1S/C12H11BO2S/c14-13(15)12-4-2-1-3-11(12)9-5-7-10(16)8-6-9/h1-8,14-16H. The van der Waals surface area contributed by atoms with E-state index in [0.717, 1.165) is 16.0 Å². The van der Waals surface area contributed by atoms with Crippen LogP contribution in [-0.4, -0.2) is 17.2 Å². The van der Waals surface area contributed by atoms with E-state index in [-0.39, 0.29) is 0 Å². The highest BCUT2D eigenvalue weighted by Gasteiger charge is 2.15. The fourth-order valence-corrected chi connectivity index (χ4v) is 1.78. The second kappa shape index (κ2) is 4.74. The Morgan fingerprint density at radius 3 is 2.12 bits per heavy atom. The van der Waals surface area contributed by atoms with Crippen molar-refractivity contribution in [1.29, 1.82) is 0 Å². The van der Waals surface area contributed by atoms with Crippen molar-refractivity contribution in [2.45, 2.75) is 4.90 Å². The van der Waals surface area contributed by atoms with Crippen LogP contribution in [-0.2, 0) is 0 Å². The van der Waals surface area contributed by atoms with Crippen LogP contribution in [0.4, 0.5) is 0 Å². The summed E-state index contributed by atoms with van der Waals surface area (Å²) in [5.41, 5.74) is 2.28. The molecule has 80 valence electrons. The molecule has 0 aliphatic carbocycles. The van der Waals surface area contributed by atoms with Crippen molar-refractivity contribution in [3.8, 4) is 11.1 Å². The lowest BCUT2D eigenvalue weighted by atomic mass is 9.75. The first-order valence-corrected chi connectivity index (χ1v) is 5.37. The maximum Gasteiger partial charge on any atom is 0.489 e. The van der Waals surface area contributed by atoms with Gasteiger partial charge in [0.05, 0.1) is 0 Å². The first-order valence-electron chi connectivity index (χ1n) is 4.93. The van der Waals surface area contributed by atoms with Gasteiger partial charge in [0.2, 0.25) is 0 Å². The molecule has 0 atom stereocenters. The molecule has 0 heterocycles. The molecular weight excluding hydrogens is 219 g/mol. The monoisotopic (exact) mass is 230 g/mol. The summed E-state index contributed by atoms with van der Waals surface area (Å²) in [7, 11) is -1.45. The Hall–Kier alpha value is -1.23. The Bertz CT molecular complexity index is 483. The lowest BCUT2D eigenvalue weighted by molar-refractivity contribution is 0.426. The number of thiol groups is 1. The molecule has 0 aliphatic rings. The molecule has 0 bridgehead atoms. The minimum Gasteiger partial charge on any atom is -0.423 e. The van der Waals surface area contributed by atoms with Crippen molar-refractivity contribution in [2.75, 3.05) is 0 Å². The molecule has 2 aromatic carbocycles. The molecule has 16 heavy (non-hydrogen) atoms. The third-order valence-corrected chi connectivity index (χ3v) is 2.72. The summed E-state index contributed by atoms with van der Waals surface area (Å²) in [5.74, 6) is 0. The quantitative estimate of drug-likeness (QED) is 0.538. The van der Waals surface area contributed by atoms with Gasteiger partial charge in [-0.3, -0.25) is 0 Å². The Labute approximate surface area is 100 Å². The van der Waals surface area contributed by atoms with Crippen LogP contribution in [0.1, 0.15) is 0 Å². The van der Waals surface area contributed by atoms with E-state index in [4.69, 9.17) is 0 Å². The maximum atomic E-state index is 9.26. The van der Waals surface area contributed by atoms with Crippen LogP contribution in [0.2, 0.25) is 0 Å². The van der Waals surface area contributed by atoms with E-state index in [1.807, 2.05) is 36.4 Å². The summed E-state index contributed by atoms with van der Waals surface area (Å²) in [6.45, 7) is 0. The lowest BCUT2D eigenvalue weighted by Crippen LogP contribution is -2.31. The number of rotatable bonds is 2. The molecule has 0 aliphatic heterocycles. The van der Waals surface area contributed by atoms with E-state index in [1.165, 1.54) is 0 Å². The third-order valence-electron chi connectivity index (χ3n) is 2.42. The van der Waals surface area contributed by atoms with E-state index < -0.39 is 7.12 Å². The molecular formula is C12H11BO2S. The molecule has 0 fully saturated rings. The first-order chi connectivity index (χ1) is 7.68. The number of benzene rings is 2. The summed E-state index contributed by atoms with van der Waals surface area (Å²) >= 11 is 4.21. The van der Waals surface area contributed by atoms with Crippen LogP contribution < -0.4 is 5.46 Å². The van der Waals surface area contributed by atoms with Gasteiger partial charge >= 0.3 is 7.12 Å². The van der Waals surface area contributed by atoms with Gasteiger partial charge in [0.25, 0.3) is 0 Å². The molecule has 0 spiro atoms. The molecule has 0 radical (unpaired) electrons. The SMILES string of the molecule is OB(O)c1ccccc1-c1ccc(S)cc1. The summed E-state index contributed by atoms with van der Waals surface area (Å²) in [6, 6.07) is 14.8. The zero-order valence-electron chi connectivity index (χ0n) is 8.54. The van der Waals surface area contributed by atoms with Gasteiger partial charge in [-0.05, 0) is 28.7 Å². The highest BCUT2D eigenvalue weighted by Crippen LogP contribution is 2.19. The van der Waals surface area contributed by atoms with E-state index in [1.54, 1.807) is 12.1 Å². The Morgan fingerprint density at radius 2 is 1.50 bits per heavy atom. The zero-order valence-corrected chi connectivity index (χ0v) is 9.43. The average Bonchev–Trinajstić information content (AvgIpc) is 2.30. The van der Waals surface area contributed by atoms with E-state index in [0.29, 0.717) is 5.46 Å². The lowest BCUT2D eigenvalue weighted by Gasteiger charge is -2.08. The zero-order chi connectivity index (χ0) is 11.5. The summed E-state index contributed by atoms with van der Waals surface area (Å²) in [4.78, 5) is 0.880. The first kappa shape index (κ1) is 11.3. The number of hydrogen-bond donors (Lipinski definition) is 3. The predicted octanol–water partition coefficient (Wildman–Crippen LogP) is 1.32. The number of hydrogen-bond acceptors (Lipinski definition) is 3. The molecule has 0 saturated carbocycles. The fourth-order valence-electron chi connectivity index (χ4n) is 1.63. The van der Waals surface area contributed by atoms with Crippen LogP contribution in [0.5, 0.6) is 0 Å². The van der Waals surface area contributed by atoms with Gasteiger partial charge in [-0.1, -0.05) is 36.4 Å². The summed E-state index contributed by atoms with van der Waals surface area (Å²) in [6.07, 6.45) is 0. The maximum absolute atomic E-state index is 9.26. The van der Waals surface area contributed by atoms with Crippen LogP contribution in [0.15, 0.2) is 53.4 Å². The summed E-state index contributed by atoms with van der Waals surface area (Å²) in [5, 5.41) is 18.5. The van der Waals surface area contributed by atoms with Gasteiger partial charge in [-0.2, -0.15) is 0 Å². The Balaban J connectivity index is 2.51. The minimum atomic E-state index is -1.45. The molecule has 2 N–H and O–H groups in total. The van der Waals surface area contributed by atoms with Gasteiger partial charge in [0, 0.05) is 4.90 Å². The van der Waals surface area contributed by atoms with Crippen molar-refractivity contribution in [3.05, 3.63) is 48.5 Å². The van der Waals surface area contributed by atoms with Gasteiger partial charge in [-0.15, -0.1) is 12.6 Å². The van der Waals surface area contributed by atoms with Gasteiger partial charge in [-0.25, -0.2) is 0 Å². The van der Waals surface area contributed by atoms with Gasteiger partial charge in [0.15, 0.2) is 0 Å². The topological polar surface area (TPSA) is 40.5 Å². The van der Waals surface area contributed by atoms with Crippen molar-refractivity contribution < 1.29 is 10.0 Å². The molecule has 4 heteroatoms. The van der Waals surface area contributed by atoms with E-state index in [2.05, 4.69) is 12.6 Å². The van der Waals surface area contributed by atoms with Crippen molar-refractivity contribution >= 4 is 25.2 Å². The van der Waals surface area contributed by atoms with Crippen LogP contribution in [0, 0.1) is 0 Å². The fraction of sp³-hybridized carbons (Fsp3) is 0. The predicted molar refractivity (Wildman–Crippen MR) is 69.0 cm³/mol. The van der Waals surface area contributed by atoms with Gasteiger partial charge < -0.3 is 10.0 Å². The Kier molecular flexibility index (Phi) is 3.34. The smallest absolute Gasteiger partial charge is 0.423 e. The van der Waals surface area contributed by atoms with Crippen molar-refractivity contribution in [1.82, 2.24) is 0 Å². The minimum absolute atomic E-state index is 0.509. The van der Waals surface area contributed by atoms with E-state index in [9.17, 15) is 10.0 Å².